The molecule has 4 nitrogen and oxygen atoms in total. The van der Waals surface area contributed by atoms with Crippen LogP contribution in [-0.4, -0.2) is 30.4 Å². The maximum absolute atomic E-state index is 13.5. The number of methoxy groups -OCH3 is 1. The molecule has 0 radical (unpaired) electrons. The van der Waals surface area contributed by atoms with Crippen LogP contribution in [0.3, 0.4) is 0 Å². The molecule has 0 saturated carbocycles. The van der Waals surface area contributed by atoms with Gasteiger partial charge < -0.3 is 10.1 Å². The normalized spacial score (nSPS) is 11.8. The van der Waals surface area contributed by atoms with Crippen molar-refractivity contribution in [3.63, 3.8) is 0 Å². The summed E-state index contributed by atoms with van der Waals surface area (Å²) in [5.74, 6) is -3.53. The molecule has 1 aromatic carbocycles. The van der Waals surface area contributed by atoms with Gasteiger partial charge in [0.1, 0.15) is 22.0 Å². The predicted molar refractivity (Wildman–Crippen MR) is 71.1 cm³/mol. The molecule has 0 aliphatic carbocycles. The minimum absolute atomic E-state index is 0.152. The molecule has 0 saturated heterocycles. The van der Waals surface area contributed by atoms with Crippen LogP contribution in [0, 0.1) is 11.6 Å². The van der Waals surface area contributed by atoms with Crippen LogP contribution >= 0.6 is 31.9 Å². The van der Waals surface area contributed by atoms with E-state index in [0.717, 1.165) is 12.1 Å². The number of hydrogen-bond acceptors (Lipinski definition) is 3. The van der Waals surface area contributed by atoms with Crippen molar-refractivity contribution in [1.82, 2.24) is 5.32 Å². The Kier molecular flexibility index (Phi) is 5.86. The molecule has 1 rings (SSSR count). The zero-order valence-corrected chi connectivity index (χ0v) is 12.8. The third kappa shape index (κ3) is 4.24. The molecule has 8 heteroatoms. The van der Waals surface area contributed by atoms with E-state index in [4.69, 9.17) is 0 Å². The third-order valence-electron chi connectivity index (χ3n) is 2.13. The highest BCUT2D eigenvalue weighted by Gasteiger charge is 2.21. The second-order valence-corrected chi connectivity index (χ2v) is 5.47. The highest BCUT2D eigenvalue weighted by atomic mass is 79.9. The molecule has 1 amide bonds. The molecule has 19 heavy (non-hydrogen) atoms. The van der Waals surface area contributed by atoms with Gasteiger partial charge in [0, 0.05) is 11.0 Å². The van der Waals surface area contributed by atoms with Crippen molar-refractivity contribution in [2.45, 2.75) is 4.83 Å². The SMILES string of the molecule is COC(=O)C(Br)CNC(=O)c1c(F)cc(Br)cc1F. The Morgan fingerprint density at radius 2 is 1.89 bits per heavy atom. The van der Waals surface area contributed by atoms with Gasteiger partial charge in [0.05, 0.1) is 7.11 Å². The summed E-state index contributed by atoms with van der Waals surface area (Å²) < 4.78 is 31.6. The quantitative estimate of drug-likeness (QED) is 0.623. The minimum Gasteiger partial charge on any atom is -0.468 e. The van der Waals surface area contributed by atoms with Crippen LogP contribution in [0.25, 0.3) is 0 Å². The van der Waals surface area contributed by atoms with Gasteiger partial charge in [0.25, 0.3) is 5.91 Å². The molecule has 0 bridgehead atoms. The number of hydrogen-bond donors (Lipinski definition) is 1. The van der Waals surface area contributed by atoms with E-state index in [1.54, 1.807) is 0 Å². The second-order valence-electron chi connectivity index (χ2n) is 3.45. The van der Waals surface area contributed by atoms with Crippen LogP contribution in [-0.2, 0) is 9.53 Å². The van der Waals surface area contributed by atoms with Crippen molar-refractivity contribution in [3.8, 4) is 0 Å². The van der Waals surface area contributed by atoms with Crippen LogP contribution in [0.2, 0.25) is 0 Å². The largest absolute Gasteiger partial charge is 0.468 e. The van der Waals surface area contributed by atoms with E-state index in [1.165, 1.54) is 7.11 Å². The van der Waals surface area contributed by atoms with E-state index in [1.807, 2.05) is 0 Å². The highest BCUT2D eigenvalue weighted by molar-refractivity contribution is 9.10. The number of esters is 1. The smallest absolute Gasteiger partial charge is 0.321 e. The van der Waals surface area contributed by atoms with Gasteiger partial charge in [-0.1, -0.05) is 31.9 Å². The van der Waals surface area contributed by atoms with Crippen molar-refractivity contribution in [1.29, 1.82) is 0 Å². The number of amides is 1. The lowest BCUT2D eigenvalue weighted by molar-refractivity contribution is -0.139. The van der Waals surface area contributed by atoms with E-state index in [2.05, 4.69) is 41.9 Å². The van der Waals surface area contributed by atoms with Crippen LogP contribution in [0.5, 0.6) is 0 Å². The van der Waals surface area contributed by atoms with Crippen molar-refractivity contribution in [2.24, 2.45) is 0 Å². The van der Waals surface area contributed by atoms with Gasteiger partial charge in [0.2, 0.25) is 0 Å². The fourth-order valence-electron chi connectivity index (χ4n) is 1.24. The first-order chi connectivity index (χ1) is 8.86. The lowest BCUT2D eigenvalue weighted by Gasteiger charge is -2.10. The Labute approximate surface area is 124 Å². The molecule has 0 aromatic heterocycles. The van der Waals surface area contributed by atoms with E-state index in [9.17, 15) is 18.4 Å². The molecule has 1 N–H and O–H groups in total. The number of benzene rings is 1. The minimum atomic E-state index is -0.992. The van der Waals surface area contributed by atoms with Crippen LogP contribution in [0.1, 0.15) is 10.4 Å². The van der Waals surface area contributed by atoms with Crippen LogP contribution < -0.4 is 5.32 Å². The Hall–Kier alpha value is -1.02. The third-order valence-corrected chi connectivity index (χ3v) is 3.29. The van der Waals surface area contributed by atoms with Gasteiger partial charge in [-0.05, 0) is 12.1 Å². The molecule has 1 aromatic rings. The number of carbonyl (C=O) groups is 2. The summed E-state index contributed by atoms with van der Waals surface area (Å²) in [6, 6.07) is 1.95. The summed E-state index contributed by atoms with van der Waals surface area (Å²) in [5, 5.41) is 2.23. The molecule has 0 aliphatic rings. The zero-order chi connectivity index (χ0) is 14.6. The number of carbonyl (C=O) groups excluding carboxylic acids is 2. The van der Waals surface area contributed by atoms with Gasteiger partial charge in [0.15, 0.2) is 0 Å². The lowest BCUT2D eigenvalue weighted by atomic mass is 10.2. The monoisotopic (exact) mass is 399 g/mol. The van der Waals surface area contributed by atoms with Crippen molar-refractivity contribution < 1.29 is 23.1 Å². The average Bonchev–Trinajstić information content (AvgIpc) is 2.33. The summed E-state index contributed by atoms with van der Waals surface area (Å²) in [6.45, 7) is -0.152. The van der Waals surface area contributed by atoms with Gasteiger partial charge in [-0.15, -0.1) is 0 Å². The maximum Gasteiger partial charge on any atom is 0.321 e. The molecule has 0 heterocycles. The number of rotatable bonds is 4. The summed E-state index contributed by atoms with van der Waals surface area (Å²) >= 11 is 5.88. The Balaban J connectivity index is 2.77. The van der Waals surface area contributed by atoms with Gasteiger partial charge in [-0.2, -0.15) is 0 Å². The van der Waals surface area contributed by atoms with E-state index in [0.29, 0.717) is 0 Å². The molecular weight excluding hydrogens is 392 g/mol. The van der Waals surface area contributed by atoms with Crippen molar-refractivity contribution in [2.75, 3.05) is 13.7 Å². The first-order valence-corrected chi connectivity index (χ1v) is 6.72. The lowest BCUT2D eigenvalue weighted by Crippen LogP contribution is -2.34. The zero-order valence-electron chi connectivity index (χ0n) is 9.68. The van der Waals surface area contributed by atoms with E-state index >= 15 is 0 Å². The number of ether oxygens (including phenoxy) is 1. The molecule has 0 aliphatic heterocycles. The summed E-state index contributed by atoms with van der Waals surface area (Å²) in [4.78, 5) is 21.9. The van der Waals surface area contributed by atoms with Gasteiger partial charge >= 0.3 is 5.97 Å². The number of halogens is 4. The molecule has 0 spiro atoms. The van der Waals surface area contributed by atoms with Gasteiger partial charge in [-0.3, -0.25) is 9.59 Å². The summed E-state index contributed by atoms with van der Waals surface area (Å²) in [7, 11) is 1.19. The fraction of sp³-hybridized carbons (Fsp3) is 0.273. The van der Waals surface area contributed by atoms with Crippen molar-refractivity contribution in [3.05, 3.63) is 33.8 Å². The Morgan fingerprint density at radius 1 is 1.37 bits per heavy atom. The molecule has 104 valence electrons. The van der Waals surface area contributed by atoms with Gasteiger partial charge in [-0.25, -0.2) is 8.78 Å². The van der Waals surface area contributed by atoms with Crippen LogP contribution in [0.15, 0.2) is 16.6 Å². The molecule has 1 unspecified atom stereocenters. The molecule has 1 atom stereocenters. The Bertz CT molecular complexity index is 488. The first kappa shape index (κ1) is 16.0. The highest BCUT2D eigenvalue weighted by Crippen LogP contribution is 2.19. The average molecular weight is 401 g/mol. The standard InChI is InChI=1S/C11H9Br2F2NO3/c1-19-11(18)6(13)4-16-10(17)9-7(14)2-5(12)3-8(9)15/h2-3,6H,4H2,1H3,(H,16,17). The topological polar surface area (TPSA) is 55.4 Å². The molecule has 0 fully saturated rings. The predicted octanol–water partition coefficient (Wildman–Crippen LogP) is 2.39. The fourth-order valence-corrected chi connectivity index (χ4v) is 1.99. The Morgan fingerprint density at radius 3 is 2.37 bits per heavy atom. The number of alkyl halides is 1. The maximum atomic E-state index is 13.5. The molecular formula is C11H9Br2F2NO3. The van der Waals surface area contributed by atoms with Crippen molar-refractivity contribution >= 4 is 43.7 Å². The van der Waals surface area contributed by atoms with E-state index in [-0.39, 0.29) is 11.0 Å². The second kappa shape index (κ2) is 6.95. The van der Waals surface area contributed by atoms with E-state index < -0.39 is 33.9 Å². The summed E-state index contributed by atoms with van der Waals surface area (Å²) in [5.41, 5.74) is -0.701. The number of nitrogens with one attached hydrogen (secondary N) is 1. The van der Waals surface area contributed by atoms with Crippen LogP contribution in [0.4, 0.5) is 8.78 Å². The first-order valence-electron chi connectivity index (χ1n) is 5.01. The summed E-state index contributed by atoms with van der Waals surface area (Å²) in [6.07, 6.45) is 0.